The van der Waals surface area contributed by atoms with Gasteiger partial charge in [-0.25, -0.2) is 4.79 Å². The molecule has 1 saturated heterocycles. The van der Waals surface area contributed by atoms with E-state index in [1.165, 1.54) is 0 Å². The van der Waals surface area contributed by atoms with Crippen LogP contribution in [0.1, 0.15) is 44.5 Å². The van der Waals surface area contributed by atoms with Gasteiger partial charge in [0.1, 0.15) is 0 Å². The standard InChI is InChI=1S/C17H26N2O2/c1-5-21-16(20)13-7-6-8-14(18)15(13)19-10-9-12(11-19)17(2,3)4/h6-8,12H,5,9-11,18H2,1-4H3. The number of benzene rings is 1. The smallest absolute Gasteiger partial charge is 0.340 e. The number of esters is 1. The van der Waals surface area contributed by atoms with Crippen molar-refractivity contribution in [2.75, 3.05) is 30.3 Å². The minimum atomic E-state index is -0.293. The lowest BCUT2D eigenvalue weighted by Crippen LogP contribution is -2.27. The van der Waals surface area contributed by atoms with Crippen molar-refractivity contribution in [2.45, 2.75) is 34.1 Å². The van der Waals surface area contributed by atoms with E-state index >= 15 is 0 Å². The van der Waals surface area contributed by atoms with Crippen molar-refractivity contribution in [1.82, 2.24) is 0 Å². The molecule has 21 heavy (non-hydrogen) atoms. The molecule has 1 aliphatic rings. The number of nitrogens with two attached hydrogens (primary N) is 1. The molecule has 0 saturated carbocycles. The lowest BCUT2D eigenvalue weighted by molar-refractivity contribution is 0.0527. The molecule has 0 spiro atoms. The number of carbonyl (C=O) groups excluding carboxylic acids is 1. The van der Waals surface area contributed by atoms with E-state index in [4.69, 9.17) is 10.5 Å². The van der Waals surface area contributed by atoms with Crippen molar-refractivity contribution in [1.29, 1.82) is 0 Å². The van der Waals surface area contributed by atoms with Gasteiger partial charge in [0.2, 0.25) is 0 Å². The fourth-order valence-corrected chi connectivity index (χ4v) is 2.96. The summed E-state index contributed by atoms with van der Waals surface area (Å²) in [5.74, 6) is 0.311. The van der Waals surface area contributed by atoms with Crippen LogP contribution >= 0.6 is 0 Å². The van der Waals surface area contributed by atoms with Crippen LogP contribution in [0.2, 0.25) is 0 Å². The maximum Gasteiger partial charge on any atom is 0.340 e. The zero-order valence-corrected chi connectivity index (χ0v) is 13.5. The minimum Gasteiger partial charge on any atom is -0.462 e. The van der Waals surface area contributed by atoms with Crippen molar-refractivity contribution in [3.8, 4) is 0 Å². The fraction of sp³-hybridized carbons (Fsp3) is 0.588. The molecule has 0 aliphatic carbocycles. The average Bonchev–Trinajstić information content (AvgIpc) is 2.87. The number of hydrogen-bond acceptors (Lipinski definition) is 4. The van der Waals surface area contributed by atoms with E-state index in [-0.39, 0.29) is 11.4 Å². The Morgan fingerprint density at radius 3 is 2.71 bits per heavy atom. The lowest BCUT2D eigenvalue weighted by atomic mass is 9.80. The van der Waals surface area contributed by atoms with Crippen LogP contribution in [0, 0.1) is 11.3 Å². The third-order valence-corrected chi connectivity index (χ3v) is 4.29. The van der Waals surface area contributed by atoms with E-state index in [0.29, 0.717) is 23.8 Å². The average molecular weight is 290 g/mol. The van der Waals surface area contributed by atoms with Crippen LogP contribution < -0.4 is 10.6 Å². The van der Waals surface area contributed by atoms with Crippen molar-refractivity contribution in [2.24, 2.45) is 11.3 Å². The second-order valence-electron chi connectivity index (χ2n) is 6.76. The number of nitrogens with zero attached hydrogens (tertiary/aromatic N) is 1. The molecular formula is C17H26N2O2. The number of hydrogen-bond donors (Lipinski definition) is 1. The van der Waals surface area contributed by atoms with Crippen LogP contribution in [0.5, 0.6) is 0 Å². The largest absolute Gasteiger partial charge is 0.462 e. The highest BCUT2D eigenvalue weighted by Gasteiger charge is 2.34. The summed E-state index contributed by atoms with van der Waals surface area (Å²) in [4.78, 5) is 14.4. The highest BCUT2D eigenvalue weighted by molar-refractivity contribution is 5.99. The second-order valence-corrected chi connectivity index (χ2v) is 6.76. The third-order valence-electron chi connectivity index (χ3n) is 4.29. The summed E-state index contributed by atoms with van der Waals surface area (Å²) in [6.07, 6.45) is 1.13. The van der Waals surface area contributed by atoms with Gasteiger partial charge in [-0.1, -0.05) is 26.8 Å². The second kappa shape index (κ2) is 5.96. The summed E-state index contributed by atoms with van der Waals surface area (Å²) >= 11 is 0. The third kappa shape index (κ3) is 3.31. The minimum absolute atomic E-state index is 0.266. The monoisotopic (exact) mass is 290 g/mol. The lowest BCUT2D eigenvalue weighted by Gasteiger charge is -2.28. The zero-order valence-electron chi connectivity index (χ0n) is 13.5. The van der Waals surface area contributed by atoms with Gasteiger partial charge in [-0.15, -0.1) is 0 Å². The zero-order chi connectivity index (χ0) is 15.6. The predicted molar refractivity (Wildman–Crippen MR) is 86.6 cm³/mol. The normalized spacial score (nSPS) is 18.9. The molecule has 0 radical (unpaired) electrons. The number of nitrogen functional groups attached to an aromatic ring is 1. The molecule has 1 atom stereocenters. The summed E-state index contributed by atoms with van der Waals surface area (Å²) in [5, 5.41) is 0. The van der Waals surface area contributed by atoms with Gasteiger partial charge in [0.25, 0.3) is 0 Å². The Morgan fingerprint density at radius 1 is 1.43 bits per heavy atom. The first-order valence-electron chi connectivity index (χ1n) is 7.65. The molecule has 2 N–H and O–H groups in total. The number of carbonyl (C=O) groups is 1. The van der Waals surface area contributed by atoms with Crippen LogP contribution in [0.15, 0.2) is 18.2 Å². The number of anilines is 2. The first kappa shape index (κ1) is 15.7. The van der Waals surface area contributed by atoms with E-state index in [1.807, 2.05) is 19.1 Å². The Bertz CT molecular complexity index is 520. The van der Waals surface area contributed by atoms with Gasteiger partial charge in [0.05, 0.1) is 23.5 Å². The maximum atomic E-state index is 12.1. The molecule has 0 aromatic heterocycles. The van der Waals surface area contributed by atoms with Crippen molar-refractivity contribution < 1.29 is 9.53 Å². The first-order chi connectivity index (χ1) is 9.84. The molecule has 4 nitrogen and oxygen atoms in total. The van der Waals surface area contributed by atoms with Gasteiger partial charge < -0.3 is 15.4 Å². The van der Waals surface area contributed by atoms with Crippen molar-refractivity contribution >= 4 is 17.3 Å². The molecule has 0 amide bonds. The van der Waals surface area contributed by atoms with Crippen LogP contribution in [0.4, 0.5) is 11.4 Å². The van der Waals surface area contributed by atoms with E-state index in [9.17, 15) is 4.79 Å². The maximum absolute atomic E-state index is 12.1. The molecule has 0 bridgehead atoms. The Morgan fingerprint density at radius 2 is 2.14 bits per heavy atom. The first-order valence-corrected chi connectivity index (χ1v) is 7.65. The molecule has 4 heteroatoms. The van der Waals surface area contributed by atoms with Crippen molar-refractivity contribution in [3.05, 3.63) is 23.8 Å². The fourth-order valence-electron chi connectivity index (χ4n) is 2.96. The molecule has 1 aromatic carbocycles. The van der Waals surface area contributed by atoms with Gasteiger partial charge in [-0.05, 0) is 36.8 Å². The van der Waals surface area contributed by atoms with E-state index in [1.54, 1.807) is 6.07 Å². The Hall–Kier alpha value is -1.71. The van der Waals surface area contributed by atoms with Gasteiger partial charge in [0.15, 0.2) is 0 Å². The molecule has 1 fully saturated rings. The van der Waals surface area contributed by atoms with E-state index < -0.39 is 0 Å². The molecule has 2 rings (SSSR count). The highest BCUT2D eigenvalue weighted by atomic mass is 16.5. The van der Waals surface area contributed by atoms with Crippen LogP contribution in [0.25, 0.3) is 0 Å². The Kier molecular flexibility index (Phi) is 4.45. The molecule has 1 aromatic rings. The van der Waals surface area contributed by atoms with Crippen LogP contribution in [0.3, 0.4) is 0 Å². The summed E-state index contributed by atoms with van der Waals surface area (Å²) in [6, 6.07) is 5.46. The Balaban J connectivity index is 2.30. The summed E-state index contributed by atoms with van der Waals surface area (Å²) in [5.41, 5.74) is 8.47. The van der Waals surface area contributed by atoms with Gasteiger partial charge >= 0.3 is 5.97 Å². The summed E-state index contributed by atoms with van der Waals surface area (Å²) in [7, 11) is 0. The quantitative estimate of drug-likeness (QED) is 0.685. The Labute approximate surface area is 127 Å². The number of para-hydroxylation sites is 1. The van der Waals surface area contributed by atoms with E-state index in [2.05, 4.69) is 25.7 Å². The number of rotatable bonds is 3. The van der Waals surface area contributed by atoms with Crippen molar-refractivity contribution in [3.63, 3.8) is 0 Å². The highest BCUT2D eigenvalue weighted by Crippen LogP contribution is 2.38. The topological polar surface area (TPSA) is 55.6 Å². The molecule has 1 aliphatic heterocycles. The van der Waals surface area contributed by atoms with Gasteiger partial charge in [-0.2, -0.15) is 0 Å². The van der Waals surface area contributed by atoms with Gasteiger partial charge in [-0.3, -0.25) is 0 Å². The van der Waals surface area contributed by atoms with Crippen LogP contribution in [-0.4, -0.2) is 25.7 Å². The SMILES string of the molecule is CCOC(=O)c1cccc(N)c1N1CCC(C(C)(C)C)C1. The van der Waals surface area contributed by atoms with E-state index in [0.717, 1.165) is 25.2 Å². The molecule has 116 valence electrons. The predicted octanol–water partition coefficient (Wildman–Crippen LogP) is 3.32. The molecular weight excluding hydrogens is 264 g/mol. The van der Waals surface area contributed by atoms with Gasteiger partial charge in [0, 0.05) is 13.1 Å². The van der Waals surface area contributed by atoms with Crippen LogP contribution in [-0.2, 0) is 4.74 Å². The summed E-state index contributed by atoms with van der Waals surface area (Å²) in [6.45, 7) is 10.9. The molecule has 1 unspecified atom stereocenters. The number of ether oxygens (including phenoxy) is 1. The summed E-state index contributed by atoms with van der Waals surface area (Å²) < 4.78 is 5.16. The molecule has 1 heterocycles.